The molecule has 2 aromatic heterocycles. The number of hydrogen-bond acceptors (Lipinski definition) is 4. The summed E-state index contributed by atoms with van der Waals surface area (Å²) in [6.45, 7) is 0.534. The van der Waals surface area contributed by atoms with Gasteiger partial charge in [0.05, 0.1) is 23.1 Å². The smallest absolute Gasteiger partial charge is 0.337 e. The number of hydrogen-bond donors (Lipinski definition) is 1. The van der Waals surface area contributed by atoms with Crippen LogP contribution in [0.3, 0.4) is 0 Å². The Morgan fingerprint density at radius 2 is 2.33 bits per heavy atom. The number of anilines is 1. The molecule has 0 aromatic carbocycles. The van der Waals surface area contributed by atoms with E-state index in [1.807, 2.05) is 6.07 Å². The van der Waals surface area contributed by atoms with Crippen LogP contribution in [0.25, 0.3) is 0 Å². The van der Waals surface area contributed by atoms with Crippen molar-refractivity contribution < 1.29 is 14.3 Å². The van der Waals surface area contributed by atoms with E-state index >= 15 is 0 Å². The van der Waals surface area contributed by atoms with Gasteiger partial charge in [-0.25, -0.2) is 9.78 Å². The normalized spacial score (nSPS) is 10.3. The second-order valence-electron chi connectivity index (χ2n) is 3.79. The minimum atomic E-state index is -1.07. The van der Waals surface area contributed by atoms with Gasteiger partial charge in [0.2, 0.25) is 0 Å². The number of rotatable bonds is 4. The van der Waals surface area contributed by atoms with Crippen molar-refractivity contribution in [1.29, 1.82) is 0 Å². The zero-order valence-electron chi connectivity index (χ0n) is 9.63. The Bertz CT molecular complexity index is 554. The molecule has 2 aromatic rings. The van der Waals surface area contributed by atoms with E-state index in [9.17, 15) is 4.79 Å². The van der Waals surface area contributed by atoms with Gasteiger partial charge in [-0.15, -0.1) is 0 Å². The molecule has 0 amide bonds. The van der Waals surface area contributed by atoms with Crippen molar-refractivity contribution in [3.63, 3.8) is 0 Å². The van der Waals surface area contributed by atoms with E-state index in [1.54, 1.807) is 24.5 Å². The summed E-state index contributed by atoms with van der Waals surface area (Å²) in [6.07, 6.45) is 4.62. The average Bonchev–Trinajstić information content (AvgIpc) is 2.81. The Kier molecular flexibility index (Phi) is 3.53. The lowest BCUT2D eigenvalue weighted by Crippen LogP contribution is -2.18. The number of carboxylic acid groups (broad SMARTS) is 1. The monoisotopic (exact) mass is 266 g/mol. The molecule has 0 fully saturated rings. The molecule has 0 aliphatic rings. The number of carboxylic acids is 1. The molecule has 0 aliphatic carbocycles. The van der Waals surface area contributed by atoms with Crippen molar-refractivity contribution in [1.82, 2.24) is 4.98 Å². The Balaban J connectivity index is 2.27. The van der Waals surface area contributed by atoms with Crippen molar-refractivity contribution >= 4 is 23.4 Å². The van der Waals surface area contributed by atoms with E-state index in [-0.39, 0.29) is 10.6 Å². The van der Waals surface area contributed by atoms with E-state index in [1.165, 1.54) is 12.3 Å². The molecular weight excluding hydrogens is 256 g/mol. The van der Waals surface area contributed by atoms with Crippen molar-refractivity contribution in [2.75, 3.05) is 11.9 Å². The molecule has 94 valence electrons. The lowest BCUT2D eigenvalue weighted by atomic mass is 10.2. The van der Waals surface area contributed by atoms with E-state index < -0.39 is 5.97 Å². The standard InChI is InChI=1S/C12H11ClN2O3/c1-15(6-8-3-5-18-7-8)11-10(13)9(12(16)17)2-4-14-11/h2-5,7H,6H2,1H3,(H,16,17). The van der Waals surface area contributed by atoms with E-state index in [4.69, 9.17) is 21.1 Å². The van der Waals surface area contributed by atoms with E-state index in [2.05, 4.69) is 4.98 Å². The number of pyridine rings is 1. The van der Waals surface area contributed by atoms with Crippen molar-refractivity contribution in [3.8, 4) is 0 Å². The molecule has 0 aliphatic heterocycles. The third-order valence-corrected chi connectivity index (χ3v) is 2.84. The van der Waals surface area contributed by atoms with Gasteiger partial charge in [-0.05, 0) is 12.1 Å². The van der Waals surface area contributed by atoms with Gasteiger partial charge in [-0.2, -0.15) is 0 Å². The summed E-state index contributed by atoms with van der Waals surface area (Å²) >= 11 is 6.03. The number of aromatic carboxylic acids is 1. The maximum atomic E-state index is 11.0. The zero-order valence-corrected chi connectivity index (χ0v) is 10.4. The van der Waals surface area contributed by atoms with Crippen molar-refractivity contribution in [2.24, 2.45) is 0 Å². The number of nitrogens with zero attached hydrogens (tertiary/aromatic N) is 2. The first-order chi connectivity index (χ1) is 8.59. The first-order valence-electron chi connectivity index (χ1n) is 5.19. The molecule has 0 spiro atoms. The largest absolute Gasteiger partial charge is 0.478 e. The van der Waals surface area contributed by atoms with Crippen LogP contribution in [0.5, 0.6) is 0 Å². The summed E-state index contributed by atoms with van der Waals surface area (Å²) < 4.78 is 4.97. The van der Waals surface area contributed by atoms with Crippen molar-refractivity contribution in [2.45, 2.75) is 6.54 Å². The van der Waals surface area contributed by atoms with Crippen LogP contribution in [0.2, 0.25) is 5.02 Å². The first-order valence-corrected chi connectivity index (χ1v) is 5.57. The van der Waals surface area contributed by atoms with Gasteiger partial charge < -0.3 is 14.4 Å². The first kappa shape index (κ1) is 12.4. The second-order valence-corrected chi connectivity index (χ2v) is 4.17. The van der Waals surface area contributed by atoms with Crippen LogP contribution in [0.4, 0.5) is 5.82 Å². The summed E-state index contributed by atoms with van der Waals surface area (Å²) in [5, 5.41) is 9.12. The molecule has 6 heteroatoms. The van der Waals surface area contributed by atoms with Gasteiger partial charge >= 0.3 is 5.97 Å². The SMILES string of the molecule is CN(Cc1ccoc1)c1nccc(C(=O)O)c1Cl. The van der Waals surface area contributed by atoms with Crippen LogP contribution in [0, 0.1) is 0 Å². The fourth-order valence-electron chi connectivity index (χ4n) is 1.60. The predicted molar refractivity (Wildman–Crippen MR) is 67.0 cm³/mol. The van der Waals surface area contributed by atoms with Gasteiger partial charge in [0.25, 0.3) is 0 Å². The Hall–Kier alpha value is -2.01. The Labute approximate surface area is 109 Å². The van der Waals surface area contributed by atoms with Gasteiger partial charge in [0.15, 0.2) is 0 Å². The molecule has 0 saturated heterocycles. The molecule has 0 unspecified atom stereocenters. The number of aromatic nitrogens is 1. The van der Waals surface area contributed by atoms with Crippen LogP contribution in [0.1, 0.15) is 15.9 Å². The van der Waals surface area contributed by atoms with Gasteiger partial charge in [-0.1, -0.05) is 11.6 Å². The quantitative estimate of drug-likeness (QED) is 0.921. The molecule has 2 heterocycles. The highest BCUT2D eigenvalue weighted by atomic mass is 35.5. The second kappa shape index (κ2) is 5.10. The topological polar surface area (TPSA) is 66.6 Å². The number of furan rings is 1. The lowest BCUT2D eigenvalue weighted by molar-refractivity contribution is 0.0697. The average molecular weight is 267 g/mol. The molecule has 18 heavy (non-hydrogen) atoms. The minimum Gasteiger partial charge on any atom is -0.478 e. The maximum Gasteiger partial charge on any atom is 0.337 e. The third-order valence-electron chi connectivity index (χ3n) is 2.46. The molecule has 0 atom stereocenters. The molecule has 0 bridgehead atoms. The Morgan fingerprint density at radius 1 is 1.56 bits per heavy atom. The summed E-state index contributed by atoms with van der Waals surface area (Å²) in [5.41, 5.74) is 0.997. The molecule has 0 saturated carbocycles. The summed E-state index contributed by atoms with van der Waals surface area (Å²) in [7, 11) is 1.78. The Morgan fingerprint density at radius 3 is 2.94 bits per heavy atom. The summed E-state index contributed by atoms with van der Waals surface area (Å²) in [5.74, 6) is -0.641. The molecule has 1 N–H and O–H groups in total. The summed E-state index contributed by atoms with van der Waals surface area (Å²) in [6, 6.07) is 3.20. The van der Waals surface area contributed by atoms with Gasteiger partial charge in [0, 0.05) is 25.4 Å². The van der Waals surface area contributed by atoms with Gasteiger partial charge in [0.1, 0.15) is 5.82 Å². The fraction of sp³-hybridized carbons (Fsp3) is 0.167. The minimum absolute atomic E-state index is 0.0423. The maximum absolute atomic E-state index is 11.0. The predicted octanol–water partition coefficient (Wildman–Crippen LogP) is 2.66. The number of carbonyl (C=O) groups is 1. The van der Waals surface area contributed by atoms with Gasteiger partial charge in [-0.3, -0.25) is 0 Å². The van der Waals surface area contributed by atoms with E-state index in [0.717, 1.165) is 5.56 Å². The van der Waals surface area contributed by atoms with Crippen LogP contribution < -0.4 is 4.90 Å². The highest BCUT2D eigenvalue weighted by Gasteiger charge is 2.16. The number of halogens is 1. The summed E-state index contributed by atoms with van der Waals surface area (Å²) in [4.78, 5) is 16.8. The molecule has 0 radical (unpaired) electrons. The van der Waals surface area contributed by atoms with E-state index in [0.29, 0.717) is 12.4 Å². The van der Waals surface area contributed by atoms with Crippen molar-refractivity contribution in [3.05, 3.63) is 47.0 Å². The van der Waals surface area contributed by atoms with Crippen LogP contribution >= 0.6 is 11.6 Å². The van der Waals surface area contributed by atoms with Crippen LogP contribution in [0.15, 0.2) is 35.3 Å². The molecular formula is C12H11ClN2O3. The highest BCUT2D eigenvalue weighted by Crippen LogP contribution is 2.27. The molecule has 5 nitrogen and oxygen atoms in total. The zero-order chi connectivity index (χ0) is 13.1. The highest BCUT2D eigenvalue weighted by molar-refractivity contribution is 6.35. The molecule has 2 rings (SSSR count). The third kappa shape index (κ3) is 2.46. The lowest BCUT2D eigenvalue weighted by Gasteiger charge is -2.19. The van der Waals surface area contributed by atoms with Crippen LogP contribution in [-0.4, -0.2) is 23.1 Å². The van der Waals surface area contributed by atoms with Crippen LogP contribution in [-0.2, 0) is 6.54 Å². The fourth-order valence-corrected chi connectivity index (χ4v) is 1.93.